The average molecular weight is 334 g/mol. The molecule has 112 valence electrons. The molecule has 1 saturated heterocycles. The molecule has 1 fully saturated rings. The Labute approximate surface area is 126 Å². The number of alkyl halides is 1. The first kappa shape index (κ1) is 16.9. The van der Waals surface area contributed by atoms with E-state index < -0.39 is 0 Å². The van der Waals surface area contributed by atoms with E-state index in [0.717, 1.165) is 19.5 Å². The van der Waals surface area contributed by atoms with Crippen LogP contribution in [0.2, 0.25) is 0 Å². The lowest BCUT2D eigenvalue weighted by Gasteiger charge is -2.35. The summed E-state index contributed by atoms with van der Waals surface area (Å²) in [5.74, 6) is 0.194. The van der Waals surface area contributed by atoms with Crippen molar-refractivity contribution in [3.63, 3.8) is 0 Å². The first-order chi connectivity index (χ1) is 8.95. The fraction of sp³-hybridized carbons (Fsp3) is 0.929. The molecule has 0 radical (unpaired) electrons. The van der Waals surface area contributed by atoms with Gasteiger partial charge in [0.05, 0.1) is 4.83 Å². The van der Waals surface area contributed by atoms with Gasteiger partial charge in [-0.25, -0.2) is 0 Å². The topological polar surface area (TPSA) is 26.8 Å². The minimum atomic E-state index is -0.0360. The van der Waals surface area contributed by atoms with Crippen LogP contribution in [0.1, 0.15) is 26.2 Å². The second kappa shape index (κ2) is 8.22. The Hall–Kier alpha value is -0.130. The second-order valence-electron chi connectivity index (χ2n) is 5.65. The fourth-order valence-corrected chi connectivity index (χ4v) is 2.80. The first-order valence-corrected chi connectivity index (χ1v) is 8.15. The highest BCUT2D eigenvalue weighted by Gasteiger charge is 2.22. The number of carbonyl (C=O) groups excluding carboxylic acids is 1. The van der Waals surface area contributed by atoms with Gasteiger partial charge in [-0.15, -0.1) is 0 Å². The van der Waals surface area contributed by atoms with Crippen LogP contribution in [0.5, 0.6) is 0 Å². The van der Waals surface area contributed by atoms with Crippen molar-refractivity contribution in [3.05, 3.63) is 0 Å². The summed E-state index contributed by atoms with van der Waals surface area (Å²) in [5, 5.41) is 0. The first-order valence-electron chi connectivity index (χ1n) is 7.23. The number of likely N-dealkylation sites (N-methyl/N-ethyl adjacent to an activating group) is 2. The van der Waals surface area contributed by atoms with Crippen LogP contribution in [-0.2, 0) is 4.79 Å². The molecule has 0 bridgehead atoms. The minimum absolute atomic E-state index is 0.0360. The summed E-state index contributed by atoms with van der Waals surface area (Å²) in [6.45, 7) is 6.16. The van der Waals surface area contributed by atoms with Crippen LogP contribution in [0, 0.1) is 0 Å². The minimum Gasteiger partial charge on any atom is -0.344 e. The predicted octanol–water partition coefficient (Wildman–Crippen LogP) is 1.64. The van der Waals surface area contributed by atoms with E-state index in [2.05, 4.69) is 39.8 Å². The van der Waals surface area contributed by atoms with Crippen LogP contribution in [0.25, 0.3) is 0 Å². The molecule has 0 saturated carbocycles. The molecule has 1 aliphatic heterocycles. The van der Waals surface area contributed by atoms with Gasteiger partial charge in [0.25, 0.3) is 0 Å². The van der Waals surface area contributed by atoms with Crippen molar-refractivity contribution in [2.75, 3.05) is 47.3 Å². The van der Waals surface area contributed by atoms with Crippen LogP contribution in [0.3, 0.4) is 0 Å². The fourth-order valence-electron chi connectivity index (χ4n) is 2.45. The Morgan fingerprint density at radius 3 is 2.42 bits per heavy atom. The van der Waals surface area contributed by atoms with Crippen molar-refractivity contribution in [3.8, 4) is 0 Å². The lowest BCUT2D eigenvalue weighted by molar-refractivity contribution is -0.129. The number of hydrogen-bond acceptors (Lipinski definition) is 3. The van der Waals surface area contributed by atoms with Gasteiger partial charge in [0, 0.05) is 26.2 Å². The number of halogens is 1. The molecule has 0 aromatic carbocycles. The number of likely N-dealkylation sites (tertiary alicyclic amines) is 1. The summed E-state index contributed by atoms with van der Waals surface area (Å²) in [6, 6.07) is 0.672. The van der Waals surface area contributed by atoms with Crippen LogP contribution in [0.4, 0.5) is 0 Å². The van der Waals surface area contributed by atoms with E-state index in [1.165, 1.54) is 25.9 Å². The van der Waals surface area contributed by atoms with Crippen molar-refractivity contribution in [2.45, 2.75) is 37.1 Å². The molecule has 1 rings (SSSR count). The highest BCUT2D eigenvalue weighted by Crippen LogP contribution is 2.14. The molecule has 0 spiro atoms. The van der Waals surface area contributed by atoms with Crippen molar-refractivity contribution < 1.29 is 4.79 Å². The van der Waals surface area contributed by atoms with Crippen LogP contribution in [-0.4, -0.2) is 78.8 Å². The number of amides is 1. The Morgan fingerprint density at radius 1 is 1.32 bits per heavy atom. The summed E-state index contributed by atoms with van der Waals surface area (Å²) < 4.78 is 0. The second-order valence-corrected chi connectivity index (χ2v) is 6.76. The third kappa shape index (κ3) is 5.40. The van der Waals surface area contributed by atoms with E-state index in [1.54, 1.807) is 0 Å². The standard InChI is InChI=1S/C14H28BrN3O/c1-5-13(15)14(19)18(4)11-10-17(3)12-6-8-16(2)9-7-12/h12-13H,5-11H2,1-4H3. The Bertz CT molecular complexity index is 280. The van der Waals surface area contributed by atoms with Crippen molar-refractivity contribution >= 4 is 21.8 Å². The van der Waals surface area contributed by atoms with Gasteiger partial charge in [-0.1, -0.05) is 22.9 Å². The van der Waals surface area contributed by atoms with E-state index >= 15 is 0 Å². The molecule has 0 aromatic rings. The maximum Gasteiger partial charge on any atom is 0.236 e. The molecule has 1 aliphatic rings. The molecule has 1 heterocycles. The summed E-state index contributed by atoms with van der Waals surface area (Å²) >= 11 is 3.42. The smallest absolute Gasteiger partial charge is 0.236 e. The maximum atomic E-state index is 12.0. The normalized spacial score (nSPS) is 19.7. The molecule has 0 aromatic heterocycles. The molecule has 0 N–H and O–H groups in total. The quantitative estimate of drug-likeness (QED) is 0.691. The zero-order chi connectivity index (χ0) is 14.4. The lowest BCUT2D eigenvalue weighted by Crippen LogP contribution is -2.45. The zero-order valence-electron chi connectivity index (χ0n) is 12.7. The molecule has 0 aliphatic carbocycles. The third-order valence-electron chi connectivity index (χ3n) is 4.10. The largest absolute Gasteiger partial charge is 0.344 e. The highest BCUT2D eigenvalue weighted by atomic mass is 79.9. The zero-order valence-corrected chi connectivity index (χ0v) is 14.3. The van der Waals surface area contributed by atoms with E-state index in [9.17, 15) is 4.79 Å². The van der Waals surface area contributed by atoms with E-state index in [0.29, 0.717) is 6.04 Å². The highest BCUT2D eigenvalue weighted by molar-refractivity contribution is 9.10. The van der Waals surface area contributed by atoms with Gasteiger partial charge >= 0.3 is 0 Å². The number of hydrogen-bond donors (Lipinski definition) is 0. The van der Waals surface area contributed by atoms with Gasteiger partial charge in [0.1, 0.15) is 0 Å². The van der Waals surface area contributed by atoms with E-state index in [4.69, 9.17) is 0 Å². The SMILES string of the molecule is CCC(Br)C(=O)N(C)CCN(C)C1CCN(C)CC1. The number of carbonyl (C=O) groups is 1. The summed E-state index contributed by atoms with van der Waals surface area (Å²) in [5.41, 5.74) is 0. The van der Waals surface area contributed by atoms with Gasteiger partial charge in [-0.2, -0.15) is 0 Å². The molecule has 1 unspecified atom stereocenters. The number of nitrogens with zero attached hydrogens (tertiary/aromatic N) is 3. The average Bonchev–Trinajstić information content (AvgIpc) is 2.43. The summed E-state index contributed by atoms with van der Waals surface area (Å²) in [4.78, 5) is 18.6. The Balaban J connectivity index is 2.29. The molecular formula is C14H28BrN3O. The molecule has 19 heavy (non-hydrogen) atoms. The third-order valence-corrected chi connectivity index (χ3v) is 5.14. The maximum absolute atomic E-state index is 12.0. The summed E-state index contributed by atoms with van der Waals surface area (Å²) in [6.07, 6.45) is 3.31. The van der Waals surface area contributed by atoms with Crippen molar-refractivity contribution in [1.29, 1.82) is 0 Å². The van der Waals surface area contributed by atoms with Gasteiger partial charge < -0.3 is 14.7 Å². The predicted molar refractivity (Wildman–Crippen MR) is 83.8 cm³/mol. The number of rotatable bonds is 6. The summed E-state index contributed by atoms with van der Waals surface area (Å²) in [7, 11) is 6.26. The van der Waals surface area contributed by atoms with E-state index in [1.807, 2.05) is 18.9 Å². The Kier molecular flexibility index (Phi) is 7.32. The van der Waals surface area contributed by atoms with Crippen LogP contribution >= 0.6 is 15.9 Å². The van der Waals surface area contributed by atoms with Gasteiger partial charge in [-0.3, -0.25) is 4.79 Å². The van der Waals surface area contributed by atoms with Crippen molar-refractivity contribution in [2.24, 2.45) is 0 Å². The van der Waals surface area contributed by atoms with Gasteiger partial charge in [-0.05, 0) is 46.4 Å². The number of piperidine rings is 1. The molecule has 5 heteroatoms. The molecule has 4 nitrogen and oxygen atoms in total. The molecule has 1 amide bonds. The monoisotopic (exact) mass is 333 g/mol. The van der Waals surface area contributed by atoms with Crippen LogP contribution in [0.15, 0.2) is 0 Å². The van der Waals surface area contributed by atoms with Gasteiger partial charge in [0.2, 0.25) is 5.91 Å². The lowest BCUT2D eigenvalue weighted by atomic mass is 10.0. The van der Waals surface area contributed by atoms with Crippen molar-refractivity contribution in [1.82, 2.24) is 14.7 Å². The van der Waals surface area contributed by atoms with Gasteiger partial charge in [0.15, 0.2) is 0 Å². The van der Waals surface area contributed by atoms with E-state index in [-0.39, 0.29) is 10.7 Å². The van der Waals surface area contributed by atoms with Crippen LogP contribution < -0.4 is 0 Å². The molecular weight excluding hydrogens is 306 g/mol. The molecule has 1 atom stereocenters. The Morgan fingerprint density at radius 2 is 1.89 bits per heavy atom.